The summed E-state index contributed by atoms with van der Waals surface area (Å²) < 4.78 is 5.26. The molecule has 0 fully saturated rings. The summed E-state index contributed by atoms with van der Waals surface area (Å²) in [6.45, 7) is 0. The monoisotopic (exact) mass is 659 g/mol. The maximum Gasteiger partial charge on any atom is 0.0554 e. The van der Waals surface area contributed by atoms with Crippen molar-refractivity contribution in [2.75, 3.05) is 4.90 Å². The molecule has 0 amide bonds. The van der Waals surface area contributed by atoms with E-state index in [1.807, 2.05) is 22.7 Å². The van der Waals surface area contributed by atoms with Crippen LogP contribution in [-0.2, 0) is 0 Å². The molecule has 0 N–H and O–H groups in total. The lowest BCUT2D eigenvalue weighted by molar-refractivity contribution is 1.30. The number of benzene rings is 8. The molecule has 0 aliphatic heterocycles. The van der Waals surface area contributed by atoms with Crippen molar-refractivity contribution in [1.29, 1.82) is 0 Å². The zero-order valence-electron chi connectivity index (χ0n) is 26.5. The number of nitrogens with zero attached hydrogens (tertiary/aromatic N) is 1. The molecule has 8 aromatic carbocycles. The quantitative estimate of drug-likeness (QED) is 0.178. The third-order valence-corrected chi connectivity index (χ3v) is 11.9. The van der Waals surface area contributed by atoms with Gasteiger partial charge in [-0.05, 0) is 87.6 Å². The van der Waals surface area contributed by atoms with Gasteiger partial charge in [0.15, 0.2) is 0 Å². The Morgan fingerprint density at radius 2 is 0.980 bits per heavy atom. The van der Waals surface area contributed by atoms with Crippen LogP contribution in [0.1, 0.15) is 0 Å². The average Bonchev–Trinajstić information content (AvgIpc) is 3.74. The molecule has 0 spiro atoms. The summed E-state index contributed by atoms with van der Waals surface area (Å²) >= 11 is 3.73. The van der Waals surface area contributed by atoms with Gasteiger partial charge in [-0.3, -0.25) is 0 Å². The first-order valence-electron chi connectivity index (χ1n) is 16.6. The molecule has 0 saturated carbocycles. The van der Waals surface area contributed by atoms with Gasteiger partial charge in [-0.25, -0.2) is 0 Å². The SMILES string of the molecule is c1cc(-c2cccc3ccccc23)cc(N(c2ccc(-c3ccc4c(c3)sc3ccccc34)cc2)c2cccc3sc4ccccc4c23)c1. The summed E-state index contributed by atoms with van der Waals surface area (Å²) in [5, 5.41) is 7.76. The lowest BCUT2D eigenvalue weighted by Crippen LogP contribution is -2.10. The zero-order chi connectivity index (χ0) is 32.3. The van der Waals surface area contributed by atoms with Crippen molar-refractivity contribution >= 4 is 90.9 Å². The number of thiophene rings is 2. The van der Waals surface area contributed by atoms with Crippen LogP contribution in [-0.4, -0.2) is 0 Å². The second kappa shape index (κ2) is 11.5. The van der Waals surface area contributed by atoms with Crippen molar-refractivity contribution < 1.29 is 0 Å². The van der Waals surface area contributed by atoms with Gasteiger partial charge in [0, 0.05) is 51.7 Å². The van der Waals surface area contributed by atoms with Crippen LogP contribution in [0.25, 0.3) is 73.4 Å². The van der Waals surface area contributed by atoms with Crippen molar-refractivity contribution in [2.45, 2.75) is 0 Å². The van der Waals surface area contributed by atoms with Gasteiger partial charge >= 0.3 is 0 Å². The highest BCUT2D eigenvalue weighted by molar-refractivity contribution is 7.26. The Hall–Kier alpha value is -5.74. The second-order valence-electron chi connectivity index (χ2n) is 12.5. The van der Waals surface area contributed by atoms with Crippen molar-refractivity contribution in [3.05, 3.63) is 176 Å². The van der Waals surface area contributed by atoms with Gasteiger partial charge in [-0.15, -0.1) is 22.7 Å². The Morgan fingerprint density at radius 1 is 0.347 bits per heavy atom. The van der Waals surface area contributed by atoms with E-state index in [1.54, 1.807) is 0 Å². The van der Waals surface area contributed by atoms with Gasteiger partial charge in [-0.1, -0.05) is 121 Å². The summed E-state index contributed by atoms with van der Waals surface area (Å²) in [5.41, 5.74) is 8.34. The molecule has 10 rings (SSSR count). The van der Waals surface area contributed by atoms with E-state index in [0.29, 0.717) is 0 Å². The molecule has 2 heterocycles. The number of anilines is 3. The average molecular weight is 660 g/mol. The van der Waals surface area contributed by atoms with Gasteiger partial charge in [0.25, 0.3) is 0 Å². The summed E-state index contributed by atoms with van der Waals surface area (Å²) in [4.78, 5) is 2.44. The summed E-state index contributed by atoms with van der Waals surface area (Å²) in [7, 11) is 0. The molecular formula is C46H29NS2. The Labute approximate surface area is 292 Å². The fourth-order valence-corrected chi connectivity index (χ4v) is 9.64. The maximum absolute atomic E-state index is 2.44. The zero-order valence-corrected chi connectivity index (χ0v) is 28.1. The predicted molar refractivity (Wildman–Crippen MR) is 215 cm³/mol. The molecule has 0 unspecified atom stereocenters. The van der Waals surface area contributed by atoms with E-state index in [1.165, 1.54) is 79.1 Å². The molecule has 0 bridgehead atoms. The lowest BCUT2D eigenvalue weighted by atomic mass is 9.97. The molecule has 0 aliphatic rings. The molecule has 10 aromatic rings. The third-order valence-electron chi connectivity index (χ3n) is 9.66. The van der Waals surface area contributed by atoms with Crippen LogP contribution < -0.4 is 4.90 Å². The standard InChI is InChI=1S/C46H29NS2/c1-2-14-36-31(10-1)11-8-17-37(36)33-12-7-13-35(28-33)47(41-18-9-21-44-46(41)40-16-4-6-20-43(40)48-44)34-25-22-30(23-26-34)32-24-27-39-38-15-3-5-19-42(38)49-45(39)29-32/h1-29H. The first kappa shape index (κ1) is 28.3. The lowest BCUT2D eigenvalue weighted by Gasteiger charge is -2.27. The van der Waals surface area contributed by atoms with Crippen LogP contribution in [0, 0.1) is 0 Å². The molecule has 3 heteroatoms. The molecule has 0 aliphatic carbocycles. The summed E-state index contributed by atoms with van der Waals surface area (Å²) in [6, 6.07) is 64.5. The van der Waals surface area contributed by atoms with E-state index >= 15 is 0 Å². The molecule has 0 radical (unpaired) electrons. The topological polar surface area (TPSA) is 3.24 Å². The Kier molecular flexibility index (Phi) is 6.61. The van der Waals surface area contributed by atoms with Crippen LogP contribution >= 0.6 is 22.7 Å². The minimum atomic E-state index is 1.13. The predicted octanol–water partition coefficient (Wildman–Crippen LogP) is 14.4. The van der Waals surface area contributed by atoms with Crippen molar-refractivity contribution in [3.63, 3.8) is 0 Å². The van der Waals surface area contributed by atoms with Gasteiger partial charge in [-0.2, -0.15) is 0 Å². The molecule has 0 atom stereocenters. The highest BCUT2D eigenvalue weighted by Crippen LogP contribution is 2.46. The molecular weight excluding hydrogens is 631 g/mol. The normalized spacial score (nSPS) is 11.7. The third kappa shape index (κ3) is 4.74. The minimum absolute atomic E-state index is 1.13. The van der Waals surface area contributed by atoms with E-state index < -0.39 is 0 Å². The summed E-state index contributed by atoms with van der Waals surface area (Å²) in [5.74, 6) is 0. The smallest absolute Gasteiger partial charge is 0.0554 e. The highest BCUT2D eigenvalue weighted by atomic mass is 32.1. The first-order chi connectivity index (χ1) is 24.3. The van der Waals surface area contributed by atoms with E-state index in [-0.39, 0.29) is 0 Å². The largest absolute Gasteiger partial charge is 0.310 e. The van der Waals surface area contributed by atoms with E-state index in [0.717, 1.165) is 11.4 Å². The number of rotatable bonds is 5. The van der Waals surface area contributed by atoms with Crippen LogP contribution in [0.15, 0.2) is 176 Å². The number of hydrogen-bond acceptors (Lipinski definition) is 3. The molecule has 1 nitrogen and oxygen atoms in total. The van der Waals surface area contributed by atoms with E-state index in [4.69, 9.17) is 0 Å². The molecule has 230 valence electrons. The van der Waals surface area contributed by atoms with Crippen LogP contribution in [0.3, 0.4) is 0 Å². The van der Waals surface area contributed by atoms with Crippen LogP contribution in [0.2, 0.25) is 0 Å². The fraction of sp³-hybridized carbons (Fsp3) is 0. The molecule has 49 heavy (non-hydrogen) atoms. The second-order valence-corrected chi connectivity index (χ2v) is 14.7. The van der Waals surface area contributed by atoms with Crippen molar-refractivity contribution in [3.8, 4) is 22.3 Å². The Morgan fingerprint density at radius 3 is 1.86 bits per heavy atom. The van der Waals surface area contributed by atoms with Crippen LogP contribution in [0.4, 0.5) is 17.1 Å². The molecule has 0 saturated heterocycles. The van der Waals surface area contributed by atoms with Crippen molar-refractivity contribution in [2.24, 2.45) is 0 Å². The number of fused-ring (bicyclic) bond motifs is 7. The Bertz CT molecular complexity index is 2830. The van der Waals surface area contributed by atoms with Gasteiger partial charge < -0.3 is 4.90 Å². The molecule has 2 aromatic heterocycles. The minimum Gasteiger partial charge on any atom is -0.310 e. The Balaban J connectivity index is 1.14. The van der Waals surface area contributed by atoms with E-state index in [2.05, 4.69) is 181 Å². The first-order valence-corrected chi connectivity index (χ1v) is 18.2. The maximum atomic E-state index is 2.44. The van der Waals surface area contributed by atoms with Gasteiger partial charge in [0.05, 0.1) is 5.69 Å². The van der Waals surface area contributed by atoms with Crippen molar-refractivity contribution in [1.82, 2.24) is 0 Å². The summed E-state index contributed by atoms with van der Waals surface area (Å²) in [6.07, 6.45) is 0. The van der Waals surface area contributed by atoms with Gasteiger partial charge in [0.1, 0.15) is 0 Å². The highest BCUT2D eigenvalue weighted by Gasteiger charge is 2.19. The number of hydrogen-bond donors (Lipinski definition) is 0. The van der Waals surface area contributed by atoms with Crippen LogP contribution in [0.5, 0.6) is 0 Å². The van der Waals surface area contributed by atoms with Gasteiger partial charge in [0.2, 0.25) is 0 Å². The van der Waals surface area contributed by atoms with E-state index in [9.17, 15) is 0 Å². The fourth-order valence-electron chi connectivity index (χ4n) is 7.37.